The molecule has 2 rings (SSSR count). The number of hydrogen-bond acceptors (Lipinski definition) is 3. The van der Waals surface area contributed by atoms with E-state index in [2.05, 4.69) is 4.98 Å². The molecule has 0 saturated carbocycles. The molecular formula is C14H13Cl2NO2. The van der Waals surface area contributed by atoms with Gasteiger partial charge in [0.1, 0.15) is 0 Å². The molecule has 0 saturated heterocycles. The van der Waals surface area contributed by atoms with Crippen LogP contribution >= 0.6 is 23.2 Å². The lowest BCUT2D eigenvalue weighted by molar-refractivity contribution is 0.173. The van der Waals surface area contributed by atoms with Gasteiger partial charge in [-0.25, -0.2) is 4.98 Å². The highest BCUT2D eigenvalue weighted by atomic mass is 35.5. The Kier molecular flexibility index (Phi) is 4.64. The van der Waals surface area contributed by atoms with E-state index in [1.807, 2.05) is 6.07 Å². The van der Waals surface area contributed by atoms with Gasteiger partial charge in [-0.05, 0) is 23.8 Å². The van der Waals surface area contributed by atoms with Crippen molar-refractivity contribution in [3.63, 3.8) is 0 Å². The Hall–Kier alpha value is -1.29. The summed E-state index contributed by atoms with van der Waals surface area (Å²) in [5.74, 6) is 0.410. The van der Waals surface area contributed by atoms with Crippen LogP contribution in [0.1, 0.15) is 17.2 Å². The number of rotatable bonds is 4. The third-order valence-electron chi connectivity index (χ3n) is 2.80. The van der Waals surface area contributed by atoms with Crippen molar-refractivity contribution in [2.24, 2.45) is 0 Å². The van der Waals surface area contributed by atoms with Gasteiger partial charge < -0.3 is 9.84 Å². The summed E-state index contributed by atoms with van der Waals surface area (Å²) in [5, 5.41) is 11.2. The predicted octanol–water partition coefficient (Wildman–Crippen LogP) is 3.67. The number of nitrogens with zero attached hydrogens (tertiary/aromatic N) is 1. The maximum Gasteiger partial charge on any atom is 0.218 e. The average molecular weight is 298 g/mol. The highest BCUT2D eigenvalue weighted by Gasteiger charge is 2.16. The molecule has 0 bridgehead atoms. The van der Waals surface area contributed by atoms with E-state index in [0.717, 1.165) is 5.56 Å². The van der Waals surface area contributed by atoms with E-state index in [4.69, 9.17) is 27.9 Å². The van der Waals surface area contributed by atoms with Crippen molar-refractivity contribution in [2.75, 3.05) is 7.11 Å². The largest absolute Gasteiger partial charge is 0.481 e. The number of aliphatic hydroxyl groups is 1. The molecule has 3 nitrogen and oxygen atoms in total. The predicted molar refractivity (Wildman–Crippen MR) is 75.9 cm³/mol. The first-order chi connectivity index (χ1) is 9.13. The Labute approximate surface area is 121 Å². The molecule has 0 radical (unpaired) electrons. The standard InChI is InChI=1S/C14H13Cl2NO2/c1-19-14-10(5-3-7-17-14)12(18)8-9-4-2-6-11(15)13(9)16/h2-7,12,18H,8H2,1H3. The summed E-state index contributed by atoms with van der Waals surface area (Å²) < 4.78 is 5.13. The summed E-state index contributed by atoms with van der Waals surface area (Å²) in [5.41, 5.74) is 1.41. The average Bonchev–Trinajstić information content (AvgIpc) is 2.43. The number of methoxy groups -OCH3 is 1. The SMILES string of the molecule is COc1ncccc1C(O)Cc1cccc(Cl)c1Cl. The van der Waals surface area contributed by atoms with Crippen molar-refractivity contribution in [2.45, 2.75) is 12.5 Å². The fourth-order valence-electron chi connectivity index (χ4n) is 1.85. The van der Waals surface area contributed by atoms with Crippen LogP contribution in [0.3, 0.4) is 0 Å². The van der Waals surface area contributed by atoms with E-state index in [-0.39, 0.29) is 0 Å². The van der Waals surface area contributed by atoms with Gasteiger partial charge in [-0.2, -0.15) is 0 Å². The molecule has 1 aromatic heterocycles. The molecule has 0 aliphatic carbocycles. The fourth-order valence-corrected chi connectivity index (χ4v) is 2.25. The summed E-state index contributed by atoms with van der Waals surface area (Å²) in [4.78, 5) is 4.06. The third-order valence-corrected chi connectivity index (χ3v) is 3.66. The van der Waals surface area contributed by atoms with Gasteiger partial charge in [0, 0.05) is 18.2 Å². The minimum Gasteiger partial charge on any atom is -0.481 e. The third kappa shape index (κ3) is 3.18. The number of hydrogen-bond donors (Lipinski definition) is 1. The van der Waals surface area contributed by atoms with Gasteiger partial charge in [0.05, 0.1) is 23.3 Å². The van der Waals surface area contributed by atoms with E-state index in [1.165, 1.54) is 7.11 Å². The molecule has 0 amide bonds. The van der Waals surface area contributed by atoms with Gasteiger partial charge in [0.2, 0.25) is 5.88 Å². The molecular weight excluding hydrogens is 285 g/mol. The van der Waals surface area contributed by atoms with Crippen molar-refractivity contribution in [3.05, 3.63) is 57.7 Å². The van der Waals surface area contributed by atoms with Crippen molar-refractivity contribution < 1.29 is 9.84 Å². The molecule has 1 aromatic carbocycles. The number of ether oxygens (including phenoxy) is 1. The molecule has 2 aromatic rings. The van der Waals surface area contributed by atoms with E-state index >= 15 is 0 Å². The molecule has 0 spiro atoms. The molecule has 1 N–H and O–H groups in total. The monoisotopic (exact) mass is 297 g/mol. The number of pyridine rings is 1. The van der Waals surface area contributed by atoms with Gasteiger partial charge in [0.15, 0.2) is 0 Å². The van der Waals surface area contributed by atoms with Crippen LogP contribution in [-0.4, -0.2) is 17.2 Å². The summed E-state index contributed by atoms with van der Waals surface area (Å²) in [6, 6.07) is 8.87. The topological polar surface area (TPSA) is 42.4 Å². The molecule has 5 heteroatoms. The van der Waals surface area contributed by atoms with Crippen LogP contribution in [-0.2, 0) is 6.42 Å². The summed E-state index contributed by atoms with van der Waals surface area (Å²) in [7, 11) is 1.52. The Morgan fingerprint density at radius 3 is 2.79 bits per heavy atom. The minimum absolute atomic E-state index is 0.349. The van der Waals surface area contributed by atoms with Crippen molar-refractivity contribution >= 4 is 23.2 Å². The van der Waals surface area contributed by atoms with Crippen LogP contribution in [0.15, 0.2) is 36.5 Å². The summed E-state index contributed by atoms with van der Waals surface area (Å²) >= 11 is 12.1. The molecule has 100 valence electrons. The highest BCUT2D eigenvalue weighted by Crippen LogP contribution is 2.31. The molecule has 0 aliphatic rings. The summed E-state index contributed by atoms with van der Waals surface area (Å²) in [6.07, 6.45) is 1.21. The maximum atomic E-state index is 10.3. The van der Waals surface area contributed by atoms with Gasteiger partial charge in [-0.1, -0.05) is 35.3 Å². The van der Waals surface area contributed by atoms with E-state index in [0.29, 0.717) is 27.9 Å². The zero-order valence-corrected chi connectivity index (χ0v) is 11.8. The second kappa shape index (κ2) is 6.24. The van der Waals surface area contributed by atoms with Crippen LogP contribution in [0, 0.1) is 0 Å². The molecule has 0 fully saturated rings. The van der Waals surface area contributed by atoms with Gasteiger partial charge in [-0.3, -0.25) is 0 Å². The number of aliphatic hydroxyl groups excluding tert-OH is 1. The molecule has 19 heavy (non-hydrogen) atoms. The zero-order valence-electron chi connectivity index (χ0n) is 10.3. The minimum atomic E-state index is -0.750. The highest BCUT2D eigenvalue weighted by molar-refractivity contribution is 6.42. The number of benzene rings is 1. The van der Waals surface area contributed by atoms with Crippen molar-refractivity contribution in [3.8, 4) is 5.88 Å². The summed E-state index contributed by atoms with van der Waals surface area (Å²) in [6.45, 7) is 0. The lowest BCUT2D eigenvalue weighted by Gasteiger charge is -2.14. The maximum absolute atomic E-state index is 10.3. The van der Waals surface area contributed by atoms with Crippen LogP contribution in [0.5, 0.6) is 5.88 Å². The van der Waals surface area contributed by atoms with Crippen molar-refractivity contribution in [1.29, 1.82) is 0 Å². The van der Waals surface area contributed by atoms with Gasteiger partial charge >= 0.3 is 0 Å². The van der Waals surface area contributed by atoms with E-state index in [1.54, 1.807) is 30.5 Å². The molecule has 1 unspecified atom stereocenters. The second-order valence-corrected chi connectivity index (χ2v) is 4.82. The Bertz CT molecular complexity index is 575. The molecule has 0 aliphatic heterocycles. The Morgan fingerprint density at radius 2 is 2.05 bits per heavy atom. The lowest BCUT2D eigenvalue weighted by atomic mass is 10.0. The zero-order chi connectivity index (χ0) is 13.8. The van der Waals surface area contributed by atoms with Gasteiger partial charge in [-0.15, -0.1) is 0 Å². The first kappa shape index (κ1) is 14.1. The molecule has 1 heterocycles. The second-order valence-electron chi connectivity index (χ2n) is 4.03. The quantitative estimate of drug-likeness (QED) is 0.936. The normalized spacial score (nSPS) is 12.2. The lowest BCUT2D eigenvalue weighted by Crippen LogP contribution is -2.05. The van der Waals surface area contributed by atoms with Gasteiger partial charge in [0.25, 0.3) is 0 Å². The van der Waals surface area contributed by atoms with Crippen molar-refractivity contribution in [1.82, 2.24) is 4.98 Å². The van der Waals surface area contributed by atoms with E-state index in [9.17, 15) is 5.11 Å². The smallest absolute Gasteiger partial charge is 0.218 e. The first-order valence-electron chi connectivity index (χ1n) is 5.73. The van der Waals surface area contributed by atoms with Crippen LogP contribution in [0.2, 0.25) is 10.0 Å². The van der Waals surface area contributed by atoms with Crippen LogP contribution < -0.4 is 4.74 Å². The fraction of sp³-hybridized carbons (Fsp3) is 0.214. The number of halogens is 2. The molecule has 1 atom stereocenters. The Morgan fingerprint density at radius 1 is 1.26 bits per heavy atom. The van der Waals surface area contributed by atoms with Crippen LogP contribution in [0.4, 0.5) is 0 Å². The van der Waals surface area contributed by atoms with E-state index < -0.39 is 6.10 Å². The first-order valence-corrected chi connectivity index (χ1v) is 6.49. The van der Waals surface area contributed by atoms with Crippen LogP contribution in [0.25, 0.3) is 0 Å². The number of aromatic nitrogens is 1. The Balaban J connectivity index is 2.26.